The van der Waals surface area contributed by atoms with E-state index in [-0.39, 0.29) is 29.2 Å². The predicted molar refractivity (Wildman–Crippen MR) is 119 cm³/mol. The third-order valence-corrected chi connectivity index (χ3v) is 8.06. The van der Waals surface area contributed by atoms with Gasteiger partial charge in [0.15, 0.2) is 0 Å². The van der Waals surface area contributed by atoms with E-state index in [2.05, 4.69) is 5.32 Å². The van der Waals surface area contributed by atoms with Crippen molar-refractivity contribution in [3.8, 4) is 0 Å². The Morgan fingerprint density at radius 2 is 1.74 bits per heavy atom. The molecule has 2 aliphatic rings. The van der Waals surface area contributed by atoms with Gasteiger partial charge in [-0.1, -0.05) is 24.6 Å². The maximum absolute atomic E-state index is 12.9. The molecule has 2 fully saturated rings. The van der Waals surface area contributed by atoms with Crippen molar-refractivity contribution in [2.45, 2.75) is 43.5 Å². The van der Waals surface area contributed by atoms with Crippen LogP contribution in [0.2, 0.25) is 0 Å². The van der Waals surface area contributed by atoms with E-state index in [9.17, 15) is 18.0 Å². The fourth-order valence-corrected chi connectivity index (χ4v) is 5.96. The van der Waals surface area contributed by atoms with Crippen molar-refractivity contribution in [1.82, 2.24) is 4.31 Å². The van der Waals surface area contributed by atoms with Crippen LogP contribution >= 0.6 is 0 Å². The molecule has 7 nitrogen and oxygen atoms in total. The van der Waals surface area contributed by atoms with Gasteiger partial charge >= 0.3 is 0 Å². The molecular formula is C23H27N3O4S. The highest BCUT2D eigenvalue weighted by Crippen LogP contribution is 2.28. The molecule has 2 aromatic rings. The Kier molecular flexibility index (Phi) is 6.11. The number of sulfonamides is 1. The molecule has 2 amide bonds. The van der Waals surface area contributed by atoms with Crippen LogP contribution in [0.3, 0.4) is 0 Å². The van der Waals surface area contributed by atoms with Gasteiger partial charge in [0.2, 0.25) is 21.8 Å². The number of benzene rings is 2. The Hall–Kier alpha value is -2.71. The molecule has 8 heteroatoms. The Bertz CT molecular complexity index is 1050. The summed E-state index contributed by atoms with van der Waals surface area (Å²) in [6.45, 7) is 2.80. The van der Waals surface area contributed by atoms with Crippen molar-refractivity contribution < 1.29 is 18.0 Å². The molecule has 31 heavy (non-hydrogen) atoms. The van der Waals surface area contributed by atoms with Gasteiger partial charge in [-0.25, -0.2) is 8.42 Å². The van der Waals surface area contributed by atoms with Gasteiger partial charge < -0.3 is 10.2 Å². The molecule has 0 spiro atoms. The lowest BCUT2D eigenvalue weighted by atomic mass is 10.1. The van der Waals surface area contributed by atoms with Crippen LogP contribution in [0.25, 0.3) is 0 Å². The van der Waals surface area contributed by atoms with Gasteiger partial charge in [0, 0.05) is 36.9 Å². The van der Waals surface area contributed by atoms with Gasteiger partial charge in [0.1, 0.15) is 0 Å². The molecule has 164 valence electrons. The topological polar surface area (TPSA) is 86.8 Å². The molecule has 4 rings (SSSR count). The van der Waals surface area contributed by atoms with E-state index in [0.717, 1.165) is 24.9 Å². The normalized spacial score (nSPS) is 22.5. The SMILES string of the molecule is C[C@H]1CCCCN1S(=O)(=O)c1ccc(NC(=O)[C@@H]2CC(=O)N(c3ccccc3)C2)cc1. The monoisotopic (exact) mass is 441 g/mol. The number of para-hydroxylation sites is 1. The third-order valence-electron chi connectivity index (χ3n) is 6.03. The molecule has 0 unspecified atom stereocenters. The summed E-state index contributed by atoms with van der Waals surface area (Å²) in [5.74, 6) is -0.777. The maximum Gasteiger partial charge on any atom is 0.243 e. The molecule has 2 saturated heterocycles. The molecule has 2 aliphatic heterocycles. The summed E-state index contributed by atoms with van der Waals surface area (Å²) in [5, 5.41) is 2.82. The van der Waals surface area contributed by atoms with Crippen molar-refractivity contribution in [2.24, 2.45) is 5.92 Å². The van der Waals surface area contributed by atoms with E-state index >= 15 is 0 Å². The van der Waals surface area contributed by atoms with Crippen molar-refractivity contribution in [3.63, 3.8) is 0 Å². The fourth-order valence-electron chi connectivity index (χ4n) is 4.26. The molecule has 2 atom stereocenters. The zero-order chi connectivity index (χ0) is 22.0. The number of nitrogens with one attached hydrogen (secondary N) is 1. The number of amides is 2. The number of hydrogen-bond acceptors (Lipinski definition) is 4. The van der Waals surface area contributed by atoms with Gasteiger partial charge in [-0.15, -0.1) is 0 Å². The Morgan fingerprint density at radius 1 is 1.03 bits per heavy atom. The largest absolute Gasteiger partial charge is 0.326 e. The molecule has 0 aliphatic carbocycles. The molecule has 2 heterocycles. The predicted octanol–water partition coefficient (Wildman–Crippen LogP) is 3.24. The highest BCUT2D eigenvalue weighted by atomic mass is 32.2. The van der Waals surface area contributed by atoms with E-state index in [1.54, 1.807) is 21.3 Å². The first-order chi connectivity index (χ1) is 14.9. The number of hydrogen-bond donors (Lipinski definition) is 1. The number of carbonyl (C=O) groups excluding carboxylic acids is 2. The fraction of sp³-hybridized carbons (Fsp3) is 0.391. The van der Waals surface area contributed by atoms with Crippen LogP contribution in [-0.4, -0.2) is 43.7 Å². The number of anilines is 2. The van der Waals surface area contributed by atoms with Crippen LogP contribution in [0.15, 0.2) is 59.5 Å². The van der Waals surface area contributed by atoms with Crippen molar-refractivity contribution in [3.05, 3.63) is 54.6 Å². The van der Waals surface area contributed by atoms with Crippen LogP contribution in [0.5, 0.6) is 0 Å². The number of rotatable bonds is 5. The van der Waals surface area contributed by atoms with Crippen molar-refractivity contribution in [1.29, 1.82) is 0 Å². The Balaban J connectivity index is 1.41. The van der Waals surface area contributed by atoms with Crippen LogP contribution in [0.4, 0.5) is 11.4 Å². The summed E-state index contributed by atoms with van der Waals surface area (Å²) in [7, 11) is -3.55. The second-order valence-corrected chi connectivity index (χ2v) is 10.1. The molecule has 0 radical (unpaired) electrons. The van der Waals surface area contributed by atoms with Crippen LogP contribution in [0, 0.1) is 5.92 Å². The summed E-state index contributed by atoms with van der Waals surface area (Å²) in [4.78, 5) is 26.9. The lowest BCUT2D eigenvalue weighted by molar-refractivity contribution is -0.122. The summed E-state index contributed by atoms with van der Waals surface area (Å²) in [6.07, 6.45) is 2.94. The van der Waals surface area contributed by atoms with E-state index in [1.165, 1.54) is 12.1 Å². The molecule has 1 N–H and O–H groups in total. The molecule has 2 aromatic carbocycles. The smallest absolute Gasteiger partial charge is 0.243 e. The van der Waals surface area contributed by atoms with Crippen LogP contribution < -0.4 is 10.2 Å². The maximum atomic E-state index is 12.9. The van der Waals surface area contributed by atoms with Gasteiger partial charge in [0.05, 0.1) is 10.8 Å². The number of piperidine rings is 1. The third kappa shape index (κ3) is 4.50. The lowest BCUT2D eigenvalue weighted by Crippen LogP contribution is -2.41. The van der Waals surface area contributed by atoms with Gasteiger partial charge in [-0.05, 0) is 56.2 Å². The van der Waals surface area contributed by atoms with Crippen molar-refractivity contribution >= 4 is 33.2 Å². The van der Waals surface area contributed by atoms with E-state index in [4.69, 9.17) is 0 Å². The second-order valence-electron chi connectivity index (χ2n) is 8.22. The standard InChI is InChI=1S/C23H27N3O4S/c1-17-7-5-6-14-26(17)31(29,30)21-12-10-19(11-13-21)24-23(28)18-15-22(27)25(16-18)20-8-3-2-4-9-20/h2-4,8-13,17-18H,5-7,14-16H2,1H3,(H,24,28)/t17-,18+/m0/s1. The average molecular weight is 442 g/mol. The molecule has 0 aromatic heterocycles. The van der Waals surface area contributed by atoms with Gasteiger partial charge in [-0.2, -0.15) is 4.31 Å². The molecule has 0 bridgehead atoms. The molecular weight excluding hydrogens is 414 g/mol. The minimum Gasteiger partial charge on any atom is -0.326 e. The van der Waals surface area contributed by atoms with E-state index < -0.39 is 15.9 Å². The second kappa shape index (κ2) is 8.80. The minimum atomic E-state index is -3.55. The zero-order valence-corrected chi connectivity index (χ0v) is 18.3. The van der Waals surface area contributed by atoms with Crippen LogP contribution in [0.1, 0.15) is 32.6 Å². The van der Waals surface area contributed by atoms with E-state index in [1.807, 2.05) is 37.3 Å². The quantitative estimate of drug-likeness (QED) is 0.772. The number of carbonyl (C=O) groups is 2. The summed E-state index contributed by atoms with van der Waals surface area (Å²) in [6, 6.07) is 15.5. The van der Waals surface area contributed by atoms with Crippen molar-refractivity contribution in [2.75, 3.05) is 23.3 Å². The Labute approximate surface area is 183 Å². The van der Waals surface area contributed by atoms with E-state index in [0.29, 0.717) is 18.8 Å². The highest BCUT2D eigenvalue weighted by Gasteiger charge is 2.35. The first-order valence-electron chi connectivity index (χ1n) is 10.6. The van der Waals surface area contributed by atoms with Gasteiger partial charge in [-0.3, -0.25) is 9.59 Å². The molecule has 0 saturated carbocycles. The average Bonchev–Trinajstić information content (AvgIpc) is 3.17. The zero-order valence-electron chi connectivity index (χ0n) is 17.5. The summed E-state index contributed by atoms with van der Waals surface area (Å²) in [5.41, 5.74) is 1.30. The lowest BCUT2D eigenvalue weighted by Gasteiger charge is -2.32. The summed E-state index contributed by atoms with van der Waals surface area (Å²) >= 11 is 0. The first-order valence-corrected chi connectivity index (χ1v) is 12.1. The number of nitrogens with zero attached hydrogens (tertiary/aromatic N) is 2. The highest BCUT2D eigenvalue weighted by molar-refractivity contribution is 7.89. The first kappa shape index (κ1) is 21.5. The van der Waals surface area contributed by atoms with Crippen LogP contribution in [-0.2, 0) is 19.6 Å². The summed E-state index contributed by atoms with van der Waals surface area (Å²) < 4.78 is 27.4. The van der Waals surface area contributed by atoms with Gasteiger partial charge in [0.25, 0.3) is 0 Å². The Morgan fingerprint density at radius 3 is 2.42 bits per heavy atom. The minimum absolute atomic E-state index is 0.00871.